The van der Waals surface area contributed by atoms with Crippen molar-refractivity contribution in [1.82, 2.24) is 0 Å². The molecule has 0 saturated carbocycles. The summed E-state index contributed by atoms with van der Waals surface area (Å²) in [6.07, 6.45) is 0.612. The molecular weight excluding hydrogens is 241 g/mol. The summed E-state index contributed by atoms with van der Waals surface area (Å²) in [6, 6.07) is 3.82. The summed E-state index contributed by atoms with van der Waals surface area (Å²) >= 11 is 0. The van der Waals surface area contributed by atoms with Gasteiger partial charge in [-0.3, -0.25) is 0 Å². The maximum Gasteiger partial charge on any atom is 0.155 e. The van der Waals surface area contributed by atoms with E-state index in [1.54, 1.807) is 13.0 Å². The Balaban J connectivity index is 2.86. The Labute approximate surface area is 102 Å². The van der Waals surface area contributed by atoms with Crippen molar-refractivity contribution in [1.29, 1.82) is 0 Å². The van der Waals surface area contributed by atoms with E-state index >= 15 is 0 Å². The van der Waals surface area contributed by atoms with Gasteiger partial charge in [0.05, 0.1) is 11.5 Å². The SMILES string of the molecule is CCC(N)CS(=O)(=O)Cc1cc(F)ccc1C. The largest absolute Gasteiger partial charge is 0.327 e. The van der Waals surface area contributed by atoms with Crippen LogP contribution in [0, 0.1) is 12.7 Å². The van der Waals surface area contributed by atoms with Gasteiger partial charge in [0.2, 0.25) is 0 Å². The molecule has 0 radical (unpaired) electrons. The normalized spacial score (nSPS) is 13.6. The molecule has 0 aliphatic rings. The van der Waals surface area contributed by atoms with E-state index in [4.69, 9.17) is 5.73 Å². The van der Waals surface area contributed by atoms with Crippen molar-refractivity contribution in [3.05, 3.63) is 35.1 Å². The molecule has 1 aromatic rings. The van der Waals surface area contributed by atoms with Crippen molar-refractivity contribution in [3.8, 4) is 0 Å². The number of aryl methyl sites for hydroxylation is 1. The highest BCUT2D eigenvalue weighted by Gasteiger charge is 2.17. The lowest BCUT2D eigenvalue weighted by Gasteiger charge is -2.11. The number of benzene rings is 1. The average Bonchev–Trinajstić information content (AvgIpc) is 2.22. The monoisotopic (exact) mass is 259 g/mol. The molecule has 3 nitrogen and oxygen atoms in total. The predicted molar refractivity (Wildman–Crippen MR) is 66.9 cm³/mol. The van der Waals surface area contributed by atoms with E-state index in [2.05, 4.69) is 0 Å². The zero-order valence-corrected chi connectivity index (χ0v) is 10.9. The number of hydrogen-bond donors (Lipinski definition) is 1. The lowest BCUT2D eigenvalue weighted by Crippen LogP contribution is -2.29. The fourth-order valence-electron chi connectivity index (χ4n) is 1.54. The van der Waals surface area contributed by atoms with E-state index in [0.29, 0.717) is 12.0 Å². The third-order valence-corrected chi connectivity index (χ3v) is 4.37. The lowest BCUT2D eigenvalue weighted by molar-refractivity contribution is 0.582. The third-order valence-electron chi connectivity index (χ3n) is 2.68. The molecule has 0 fully saturated rings. The molecule has 1 rings (SSSR count). The van der Waals surface area contributed by atoms with Crippen molar-refractivity contribution in [2.45, 2.75) is 32.1 Å². The second-order valence-corrected chi connectivity index (χ2v) is 6.40. The summed E-state index contributed by atoms with van der Waals surface area (Å²) in [6.45, 7) is 3.61. The quantitative estimate of drug-likeness (QED) is 0.877. The number of hydrogen-bond acceptors (Lipinski definition) is 3. The minimum atomic E-state index is -3.28. The second-order valence-electron chi connectivity index (χ2n) is 4.29. The van der Waals surface area contributed by atoms with Crippen LogP contribution in [-0.2, 0) is 15.6 Å². The minimum absolute atomic E-state index is 0.0561. The minimum Gasteiger partial charge on any atom is -0.327 e. The van der Waals surface area contributed by atoms with E-state index in [1.165, 1.54) is 12.1 Å². The first-order chi connectivity index (χ1) is 7.84. The van der Waals surface area contributed by atoms with E-state index in [-0.39, 0.29) is 17.5 Å². The van der Waals surface area contributed by atoms with Gasteiger partial charge in [0.25, 0.3) is 0 Å². The van der Waals surface area contributed by atoms with Gasteiger partial charge < -0.3 is 5.73 Å². The van der Waals surface area contributed by atoms with Gasteiger partial charge >= 0.3 is 0 Å². The van der Waals surface area contributed by atoms with Crippen molar-refractivity contribution < 1.29 is 12.8 Å². The van der Waals surface area contributed by atoms with Gasteiger partial charge in [-0.25, -0.2) is 12.8 Å². The van der Waals surface area contributed by atoms with Crippen LogP contribution in [0.1, 0.15) is 24.5 Å². The summed E-state index contributed by atoms with van der Waals surface area (Å²) in [5, 5.41) is 0. The summed E-state index contributed by atoms with van der Waals surface area (Å²) in [4.78, 5) is 0. The summed E-state index contributed by atoms with van der Waals surface area (Å²) in [7, 11) is -3.28. The fourth-order valence-corrected chi connectivity index (χ4v) is 3.33. The molecule has 5 heteroatoms. The van der Waals surface area contributed by atoms with Gasteiger partial charge in [0.1, 0.15) is 5.82 Å². The standard InChI is InChI=1S/C12H18FNO2S/c1-3-12(14)8-17(15,16)7-10-6-11(13)5-4-9(10)2/h4-6,12H,3,7-8,14H2,1-2H3. The maximum atomic E-state index is 13.0. The number of sulfone groups is 1. The molecule has 0 spiro atoms. The molecule has 0 amide bonds. The molecule has 96 valence electrons. The molecule has 2 N–H and O–H groups in total. The maximum absolute atomic E-state index is 13.0. The number of rotatable bonds is 5. The van der Waals surface area contributed by atoms with Crippen LogP contribution < -0.4 is 5.73 Å². The zero-order valence-electron chi connectivity index (χ0n) is 10.1. The molecule has 1 atom stereocenters. The highest BCUT2D eigenvalue weighted by Crippen LogP contribution is 2.14. The van der Waals surface area contributed by atoms with Crippen molar-refractivity contribution in [2.24, 2.45) is 5.73 Å². The molecule has 0 aliphatic heterocycles. The summed E-state index contributed by atoms with van der Waals surface area (Å²) in [5.41, 5.74) is 6.91. The molecule has 0 aromatic heterocycles. The Morgan fingerprint density at radius 1 is 1.41 bits per heavy atom. The zero-order chi connectivity index (χ0) is 13.1. The Morgan fingerprint density at radius 2 is 2.06 bits per heavy atom. The van der Waals surface area contributed by atoms with Gasteiger partial charge in [0, 0.05) is 6.04 Å². The molecule has 17 heavy (non-hydrogen) atoms. The van der Waals surface area contributed by atoms with Gasteiger partial charge in [-0.1, -0.05) is 13.0 Å². The molecule has 0 heterocycles. The van der Waals surface area contributed by atoms with Crippen LogP contribution in [0.2, 0.25) is 0 Å². The van der Waals surface area contributed by atoms with Gasteiger partial charge in [-0.15, -0.1) is 0 Å². The van der Waals surface area contributed by atoms with Crippen LogP contribution in [0.15, 0.2) is 18.2 Å². The molecular formula is C12H18FNO2S. The third kappa shape index (κ3) is 4.44. The first kappa shape index (κ1) is 14.1. The second kappa shape index (κ2) is 5.60. The highest BCUT2D eigenvalue weighted by molar-refractivity contribution is 7.90. The van der Waals surface area contributed by atoms with Gasteiger partial charge in [0.15, 0.2) is 9.84 Å². The van der Waals surface area contributed by atoms with Gasteiger partial charge in [-0.2, -0.15) is 0 Å². The average molecular weight is 259 g/mol. The smallest absolute Gasteiger partial charge is 0.155 e. The van der Waals surface area contributed by atoms with E-state index in [0.717, 1.165) is 5.56 Å². The van der Waals surface area contributed by atoms with Crippen LogP contribution >= 0.6 is 0 Å². The topological polar surface area (TPSA) is 60.2 Å². The van der Waals surface area contributed by atoms with Crippen LogP contribution in [-0.4, -0.2) is 20.2 Å². The van der Waals surface area contributed by atoms with Crippen LogP contribution in [0.4, 0.5) is 4.39 Å². The summed E-state index contributed by atoms with van der Waals surface area (Å²) in [5.74, 6) is -0.621. The molecule has 0 saturated heterocycles. The lowest BCUT2D eigenvalue weighted by atomic mass is 10.1. The van der Waals surface area contributed by atoms with Crippen LogP contribution in [0.5, 0.6) is 0 Å². The van der Waals surface area contributed by atoms with Crippen molar-refractivity contribution in [2.75, 3.05) is 5.75 Å². The van der Waals surface area contributed by atoms with Crippen molar-refractivity contribution in [3.63, 3.8) is 0 Å². The molecule has 0 aliphatic carbocycles. The molecule has 0 bridgehead atoms. The van der Waals surface area contributed by atoms with E-state index in [9.17, 15) is 12.8 Å². The first-order valence-electron chi connectivity index (χ1n) is 5.55. The molecule has 1 unspecified atom stereocenters. The summed E-state index contributed by atoms with van der Waals surface area (Å²) < 4.78 is 36.7. The predicted octanol–water partition coefficient (Wildman–Crippen LogP) is 1.79. The Hall–Kier alpha value is -0.940. The van der Waals surface area contributed by atoms with Gasteiger partial charge in [-0.05, 0) is 36.6 Å². The Bertz CT molecular complexity index is 485. The highest BCUT2D eigenvalue weighted by atomic mass is 32.2. The number of nitrogens with two attached hydrogens (primary N) is 1. The van der Waals surface area contributed by atoms with E-state index in [1.807, 2.05) is 6.92 Å². The van der Waals surface area contributed by atoms with Crippen molar-refractivity contribution >= 4 is 9.84 Å². The number of halogens is 1. The van der Waals surface area contributed by atoms with Crippen LogP contribution in [0.25, 0.3) is 0 Å². The Kier molecular flexibility index (Phi) is 4.65. The fraction of sp³-hybridized carbons (Fsp3) is 0.500. The van der Waals surface area contributed by atoms with Crippen LogP contribution in [0.3, 0.4) is 0 Å². The van der Waals surface area contributed by atoms with E-state index < -0.39 is 15.7 Å². The molecule has 1 aromatic carbocycles. The first-order valence-corrected chi connectivity index (χ1v) is 7.37. The Morgan fingerprint density at radius 3 is 2.65 bits per heavy atom.